The number of esters is 1. The van der Waals surface area contributed by atoms with Crippen molar-refractivity contribution in [3.05, 3.63) is 35.4 Å². The number of carbonyl (C=O) groups excluding carboxylic acids is 2. The number of guanidine groups is 1. The Balaban J connectivity index is 1.67. The summed E-state index contributed by atoms with van der Waals surface area (Å²) in [6, 6.07) is 4.20. The van der Waals surface area contributed by atoms with Gasteiger partial charge in [-0.15, -0.1) is 0 Å². The van der Waals surface area contributed by atoms with E-state index in [4.69, 9.17) is 10.5 Å². The molecule has 3 aliphatic rings. The standard InChI is InChI=1S/C17H21N5O6/c1-8-2-4-9(5-3-8)13(24)28-11-6-22-15(25)19-10(7-23)12-16(22,17(11,26)27)21-14(18)20-12/h2-5,10-12,23,26-27H,6-7H2,1H3,(H,19,25)(H3,18,20,21)/p+1/t10-,11-,12-,16-/m0/s1. The van der Waals surface area contributed by atoms with Gasteiger partial charge in [-0.25, -0.2) is 14.9 Å². The molecule has 4 rings (SSSR count). The molecule has 0 unspecified atom stereocenters. The third-order valence-electron chi connectivity index (χ3n) is 5.56. The second-order valence-corrected chi connectivity index (χ2v) is 7.26. The molecule has 2 fully saturated rings. The van der Waals surface area contributed by atoms with Crippen LogP contribution in [0.3, 0.4) is 0 Å². The third kappa shape index (κ3) is 2.37. The molecule has 2 amide bonds. The number of benzene rings is 1. The normalized spacial score (nSPS) is 32.7. The van der Waals surface area contributed by atoms with Crippen LogP contribution in [0.5, 0.6) is 0 Å². The Morgan fingerprint density at radius 3 is 2.71 bits per heavy atom. The molecule has 1 spiro atoms. The molecule has 28 heavy (non-hydrogen) atoms. The maximum atomic E-state index is 12.5. The van der Waals surface area contributed by atoms with E-state index in [1.807, 2.05) is 6.92 Å². The van der Waals surface area contributed by atoms with Gasteiger partial charge in [-0.2, -0.15) is 0 Å². The largest absolute Gasteiger partial charge is 0.451 e. The van der Waals surface area contributed by atoms with E-state index in [2.05, 4.69) is 15.6 Å². The van der Waals surface area contributed by atoms with Crippen LogP contribution >= 0.6 is 0 Å². The molecule has 1 aromatic rings. The van der Waals surface area contributed by atoms with Crippen molar-refractivity contribution < 1.29 is 34.6 Å². The number of aliphatic hydroxyl groups is 3. The number of amides is 2. The highest BCUT2D eigenvalue weighted by Gasteiger charge is 2.78. The summed E-state index contributed by atoms with van der Waals surface area (Å²) in [6.45, 7) is 1.12. The first-order chi connectivity index (χ1) is 13.2. The Morgan fingerprint density at radius 1 is 1.39 bits per heavy atom. The van der Waals surface area contributed by atoms with Crippen LogP contribution in [0.15, 0.2) is 24.3 Å². The van der Waals surface area contributed by atoms with Gasteiger partial charge in [-0.3, -0.25) is 15.6 Å². The highest BCUT2D eigenvalue weighted by atomic mass is 16.6. The average molecular weight is 392 g/mol. The highest BCUT2D eigenvalue weighted by molar-refractivity contribution is 5.90. The van der Waals surface area contributed by atoms with E-state index in [0.717, 1.165) is 10.5 Å². The van der Waals surface area contributed by atoms with Crippen LogP contribution in [0.1, 0.15) is 15.9 Å². The molecular formula is C17H22N5O6+. The average Bonchev–Trinajstić information content (AvgIpc) is 3.11. The van der Waals surface area contributed by atoms with Crippen molar-refractivity contribution in [1.82, 2.24) is 15.5 Å². The highest BCUT2D eigenvalue weighted by Crippen LogP contribution is 2.42. The lowest BCUT2D eigenvalue weighted by molar-refractivity contribution is -0.525. The van der Waals surface area contributed by atoms with Gasteiger partial charge in [0.15, 0.2) is 12.1 Å². The number of nitrogens with one attached hydrogen (secondary N) is 3. The van der Waals surface area contributed by atoms with E-state index < -0.39 is 48.2 Å². The van der Waals surface area contributed by atoms with Crippen molar-refractivity contribution in [1.29, 1.82) is 0 Å². The summed E-state index contributed by atoms with van der Waals surface area (Å²) >= 11 is 0. The maximum absolute atomic E-state index is 12.5. The molecule has 0 saturated carbocycles. The van der Waals surface area contributed by atoms with Gasteiger partial charge in [0.25, 0.3) is 11.4 Å². The van der Waals surface area contributed by atoms with E-state index >= 15 is 0 Å². The Hall–Kier alpha value is -2.89. The van der Waals surface area contributed by atoms with E-state index in [0.29, 0.717) is 0 Å². The first-order valence-electron chi connectivity index (χ1n) is 8.79. The molecule has 3 heterocycles. The van der Waals surface area contributed by atoms with Gasteiger partial charge in [0, 0.05) is 0 Å². The quantitative estimate of drug-likeness (QED) is 0.200. The molecule has 4 atom stereocenters. The smallest absolute Gasteiger partial charge is 0.343 e. The fourth-order valence-corrected chi connectivity index (χ4v) is 4.14. The second-order valence-electron chi connectivity index (χ2n) is 7.26. The monoisotopic (exact) mass is 392 g/mol. The van der Waals surface area contributed by atoms with Crippen LogP contribution in [0.25, 0.3) is 0 Å². The van der Waals surface area contributed by atoms with Crippen molar-refractivity contribution in [2.45, 2.75) is 36.6 Å². The number of hydrogen-bond acceptors (Lipinski definition) is 8. The van der Waals surface area contributed by atoms with Gasteiger partial charge in [0.2, 0.25) is 0 Å². The fourth-order valence-electron chi connectivity index (χ4n) is 4.14. The molecule has 0 aliphatic carbocycles. The third-order valence-corrected chi connectivity index (χ3v) is 5.56. The number of nitrogens with zero attached hydrogens (tertiary/aromatic N) is 1. The summed E-state index contributed by atoms with van der Waals surface area (Å²) in [5.74, 6) is -3.44. The first kappa shape index (κ1) is 18.5. The maximum Gasteiger partial charge on any atom is 0.343 e. The SMILES string of the molecule is Cc1ccc(C(=O)O[C@H]2CN3C(=O)N[C@@H](CO)[C@@H]4[NH+]=C(N)N[C@@]43C2(O)O)cc1. The van der Waals surface area contributed by atoms with Crippen LogP contribution in [0.2, 0.25) is 0 Å². The number of hydrogen-bond donors (Lipinski definition) is 7. The van der Waals surface area contributed by atoms with Crippen LogP contribution in [0, 0.1) is 6.92 Å². The number of aryl methyl sites for hydroxylation is 1. The van der Waals surface area contributed by atoms with Crippen LogP contribution in [-0.4, -0.2) is 81.0 Å². The Morgan fingerprint density at radius 2 is 2.07 bits per heavy atom. The number of rotatable bonds is 3. The lowest BCUT2D eigenvalue weighted by Gasteiger charge is -2.46. The zero-order valence-corrected chi connectivity index (χ0v) is 15.0. The molecule has 1 aromatic carbocycles. The van der Waals surface area contributed by atoms with Crippen LogP contribution in [0.4, 0.5) is 4.79 Å². The van der Waals surface area contributed by atoms with E-state index in [9.17, 15) is 24.9 Å². The zero-order valence-electron chi connectivity index (χ0n) is 15.0. The number of urea groups is 1. The predicted molar refractivity (Wildman–Crippen MR) is 93.5 cm³/mol. The number of aliphatic hydroxyl groups excluding tert-OH is 1. The van der Waals surface area contributed by atoms with Gasteiger partial charge in [0.05, 0.1) is 24.8 Å². The minimum Gasteiger partial charge on any atom is -0.451 e. The lowest BCUT2D eigenvalue weighted by atomic mass is 9.85. The molecule has 0 aromatic heterocycles. The summed E-state index contributed by atoms with van der Waals surface area (Å²) in [4.78, 5) is 29.0. The first-order valence-corrected chi connectivity index (χ1v) is 8.79. The van der Waals surface area contributed by atoms with Crippen molar-refractivity contribution in [3.63, 3.8) is 0 Å². The van der Waals surface area contributed by atoms with Crippen molar-refractivity contribution in [2.24, 2.45) is 5.73 Å². The number of carbonyl (C=O) groups is 2. The van der Waals surface area contributed by atoms with Gasteiger partial charge in [-0.1, -0.05) is 17.7 Å². The van der Waals surface area contributed by atoms with Gasteiger partial charge >= 0.3 is 18.0 Å². The molecular weight excluding hydrogens is 370 g/mol. The Bertz CT molecular complexity index is 856. The number of nitrogens with two attached hydrogens (primary N) is 1. The summed E-state index contributed by atoms with van der Waals surface area (Å²) in [6.07, 6.45) is -1.45. The summed E-state index contributed by atoms with van der Waals surface area (Å²) in [5, 5.41) is 36.9. The molecule has 0 radical (unpaired) electrons. The van der Waals surface area contributed by atoms with Crippen LogP contribution < -0.4 is 21.4 Å². The lowest BCUT2D eigenvalue weighted by Crippen LogP contribution is -2.92. The van der Waals surface area contributed by atoms with Crippen molar-refractivity contribution >= 4 is 18.0 Å². The van der Waals surface area contributed by atoms with E-state index in [1.165, 1.54) is 0 Å². The predicted octanol–water partition coefficient (Wildman–Crippen LogP) is -4.34. The van der Waals surface area contributed by atoms with E-state index in [1.54, 1.807) is 24.3 Å². The molecule has 0 bridgehead atoms. The molecule has 11 heteroatoms. The molecule has 8 N–H and O–H groups in total. The van der Waals surface area contributed by atoms with E-state index in [-0.39, 0.29) is 18.1 Å². The molecule has 150 valence electrons. The Labute approximate surface area is 159 Å². The Kier molecular flexibility index (Phi) is 4.00. The molecule has 2 saturated heterocycles. The zero-order chi connectivity index (χ0) is 20.3. The van der Waals surface area contributed by atoms with Gasteiger partial charge < -0.3 is 25.4 Å². The summed E-state index contributed by atoms with van der Waals surface area (Å²) in [7, 11) is 0. The topological polar surface area (TPSA) is 171 Å². The van der Waals surface area contributed by atoms with Crippen LogP contribution in [-0.2, 0) is 4.74 Å². The van der Waals surface area contributed by atoms with Gasteiger partial charge in [-0.05, 0) is 19.1 Å². The molecule has 3 aliphatic heterocycles. The van der Waals surface area contributed by atoms with Crippen molar-refractivity contribution in [2.75, 3.05) is 13.2 Å². The number of ether oxygens (including phenoxy) is 1. The van der Waals surface area contributed by atoms with Crippen molar-refractivity contribution in [3.8, 4) is 0 Å². The minimum atomic E-state index is -2.68. The van der Waals surface area contributed by atoms with Gasteiger partial charge in [0.1, 0.15) is 0 Å². The summed E-state index contributed by atoms with van der Waals surface area (Å²) < 4.78 is 5.36. The fraction of sp³-hybridized carbons (Fsp3) is 0.471. The second kappa shape index (κ2) is 6.06. The summed E-state index contributed by atoms with van der Waals surface area (Å²) in [5.41, 5.74) is 5.17. The minimum absolute atomic E-state index is 0.00272. The molecule has 11 nitrogen and oxygen atoms in total.